The summed E-state index contributed by atoms with van der Waals surface area (Å²) in [5, 5.41) is 16.4. The molecule has 1 aliphatic carbocycles. The maximum atomic E-state index is 12.8. The molecule has 1 amide bonds. The predicted molar refractivity (Wildman–Crippen MR) is 102 cm³/mol. The van der Waals surface area contributed by atoms with Crippen molar-refractivity contribution in [2.45, 2.75) is 18.9 Å². The van der Waals surface area contributed by atoms with Gasteiger partial charge in [0, 0.05) is 10.9 Å². The topological polar surface area (TPSA) is 65.1 Å². The molecule has 0 radical (unpaired) electrons. The summed E-state index contributed by atoms with van der Waals surface area (Å²) in [5.41, 5.74) is 3.48. The van der Waals surface area contributed by atoms with Gasteiger partial charge in [-0.1, -0.05) is 42.5 Å². The van der Waals surface area contributed by atoms with Gasteiger partial charge in [-0.2, -0.15) is 0 Å². The van der Waals surface area contributed by atoms with E-state index >= 15 is 0 Å². The normalized spacial score (nSPS) is 16.1. The highest BCUT2D eigenvalue weighted by Crippen LogP contribution is 2.36. The Bertz CT molecular complexity index is 1160. The molecule has 0 bridgehead atoms. The largest absolute Gasteiger partial charge is 0.508 e. The fourth-order valence-corrected chi connectivity index (χ4v) is 4.03. The van der Waals surface area contributed by atoms with Gasteiger partial charge in [-0.3, -0.25) is 4.79 Å². The van der Waals surface area contributed by atoms with Crippen molar-refractivity contribution in [2.75, 3.05) is 0 Å². The summed E-state index contributed by atoms with van der Waals surface area (Å²) in [6.07, 6.45) is 1.59. The zero-order valence-corrected chi connectivity index (χ0v) is 14.1. The molecule has 4 heteroatoms. The lowest BCUT2D eigenvalue weighted by Gasteiger charge is -2.13. The highest BCUT2D eigenvalue weighted by Gasteiger charge is 2.26. The summed E-state index contributed by atoms with van der Waals surface area (Å²) >= 11 is 0. The molecule has 0 aliphatic heterocycles. The van der Waals surface area contributed by atoms with E-state index in [9.17, 15) is 9.90 Å². The quantitative estimate of drug-likeness (QED) is 0.504. The summed E-state index contributed by atoms with van der Waals surface area (Å²) in [5.74, 6) is 0.197. The summed E-state index contributed by atoms with van der Waals surface area (Å²) < 4.78 is 0. The minimum atomic E-state index is -0.119. The van der Waals surface area contributed by atoms with E-state index in [0.717, 1.165) is 45.6 Å². The third-order valence-corrected chi connectivity index (χ3v) is 5.32. The number of fused-ring (bicyclic) bond motifs is 4. The number of aromatic hydroxyl groups is 1. The minimum Gasteiger partial charge on any atom is -0.508 e. The predicted octanol–water partition coefficient (Wildman–Crippen LogP) is 4.44. The first kappa shape index (κ1) is 15.0. The highest BCUT2D eigenvalue weighted by molar-refractivity contribution is 6.09. The Morgan fingerprint density at radius 3 is 2.85 bits per heavy atom. The zero-order chi connectivity index (χ0) is 17.7. The van der Waals surface area contributed by atoms with Gasteiger partial charge in [-0.25, -0.2) is 0 Å². The number of benzene rings is 3. The van der Waals surface area contributed by atoms with E-state index in [0.29, 0.717) is 11.4 Å². The molecule has 5 rings (SSSR count). The molecule has 3 N–H and O–H groups in total. The van der Waals surface area contributed by atoms with Crippen LogP contribution in [0.25, 0.3) is 21.7 Å². The Hall–Kier alpha value is -3.27. The Kier molecular flexibility index (Phi) is 3.25. The Balaban J connectivity index is 1.48. The number of H-pyrrole nitrogens is 1. The van der Waals surface area contributed by atoms with E-state index in [2.05, 4.69) is 28.5 Å². The number of hydrogen-bond donors (Lipinski definition) is 3. The second kappa shape index (κ2) is 5.63. The van der Waals surface area contributed by atoms with Crippen LogP contribution in [0.15, 0.2) is 60.7 Å². The molecule has 128 valence electrons. The molecule has 0 spiro atoms. The standard InChI is InChI=1S/C22H18N2O2/c25-21-7-3-6-15-16(21)9-11-18(15)24-22(26)20-12-17-14-5-2-1-4-13(14)8-10-19(17)23-20/h1-8,10,12,18,23,25H,9,11H2,(H,24,26). The van der Waals surface area contributed by atoms with Gasteiger partial charge in [0.25, 0.3) is 5.91 Å². The van der Waals surface area contributed by atoms with E-state index in [-0.39, 0.29) is 11.9 Å². The van der Waals surface area contributed by atoms with Crippen molar-refractivity contribution in [1.29, 1.82) is 0 Å². The fraction of sp³-hybridized carbons (Fsp3) is 0.136. The molecule has 0 fully saturated rings. The van der Waals surface area contributed by atoms with Crippen LogP contribution >= 0.6 is 0 Å². The molecule has 0 saturated heterocycles. The number of amides is 1. The van der Waals surface area contributed by atoms with Crippen molar-refractivity contribution in [3.8, 4) is 5.75 Å². The maximum Gasteiger partial charge on any atom is 0.268 e. The van der Waals surface area contributed by atoms with E-state index < -0.39 is 0 Å². The van der Waals surface area contributed by atoms with Gasteiger partial charge in [0.2, 0.25) is 0 Å². The fourth-order valence-electron chi connectivity index (χ4n) is 4.03. The van der Waals surface area contributed by atoms with Crippen molar-refractivity contribution in [3.63, 3.8) is 0 Å². The SMILES string of the molecule is O=C(NC1CCc2c(O)cccc21)c1cc2c(ccc3ccccc32)[nH]1. The van der Waals surface area contributed by atoms with Crippen LogP contribution in [-0.2, 0) is 6.42 Å². The Labute approximate surface area is 150 Å². The van der Waals surface area contributed by atoms with Crippen LogP contribution < -0.4 is 5.32 Å². The Morgan fingerprint density at radius 2 is 1.92 bits per heavy atom. The van der Waals surface area contributed by atoms with Crippen molar-refractivity contribution in [2.24, 2.45) is 0 Å². The van der Waals surface area contributed by atoms with E-state index in [1.54, 1.807) is 6.07 Å². The lowest BCUT2D eigenvalue weighted by atomic mass is 10.1. The first-order chi connectivity index (χ1) is 12.7. The van der Waals surface area contributed by atoms with Gasteiger partial charge in [-0.15, -0.1) is 0 Å². The summed E-state index contributed by atoms with van der Waals surface area (Å²) in [6, 6.07) is 19.6. The molecule has 4 nitrogen and oxygen atoms in total. The van der Waals surface area contributed by atoms with Gasteiger partial charge in [0.15, 0.2) is 0 Å². The minimum absolute atomic E-state index is 0.0623. The molecule has 4 aromatic rings. The second-order valence-electron chi connectivity index (χ2n) is 6.84. The number of aromatic nitrogens is 1. The molecule has 1 unspecified atom stereocenters. The van der Waals surface area contributed by atoms with Crippen LogP contribution in [0.3, 0.4) is 0 Å². The molecule has 0 saturated carbocycles. The van der Waals surface area contributed by atoms with Crippen molar-refractivity contribution >= 4 is 27.6 Å². The van der Waals surface area contributed by atoms with Crippen LogP contribution in [0.5, 0.6) is 5.75 Å². The number of carbonyl (C=O) groups excluding carboxylic acids is 1. The van der Waals surface area contributed by atoms with E-state index in [1.807, 2.05) is 36.4 Å². The maximum absolute atomic E-state index is 12.8. The molecular formula is C22H18N2O2. The smallest absolute Gasteiger partial charge is 0.268 e. The van der Waals surface area contributed by atoms with Gasteiger partial charge < -0.3 is 15.4 Å². The van der Waals surface area contributed by atoms with Crippen molar-refractivity contribution < 1.29 is 9.90 Å². The number of phenols is 1. The van der Waals surface area contributed by atoms with Crippen molar-refractivity contribution in [1.82, 2.24) is 10.3 Å². The Morgan fingerprint density at radius 1 is 1.04 bits per heavy atom. The average molecular weight is 342 g/mol. The lowest BCUT2D eigenvalue weighted by Crippen LogP contribution is -2.27. The van der Waals surface area contributed by atoms with Crippen LogP contribution in [0.4, 0.5) is 0 Å². The van der Waals surface area contributed by atoms with Gasteiger partial charge in [0.1, 0.15) is 11.4 Å². The van der Waals surface area contributed by atoms with Crippen LogP contribution in [0.1, 0.15) is 34.1 Å². The van der Waals surface area contributed by atoms with Gasteiger partial charge in [-0.05, 0) is 52.9 Å². The third kappa shape index (κ3) is 2.26. The second-order valence-corrected chi connectivity index (χ2v) is 6.84. The summed E-state index contributed by atoms with van der Waals surface area (Å²) in [4.78, 5) is 16.0. The third-order valence-electron chi connectivity index (χ3n) is 5.32. The number of phenolic OH excluding ortho intramolecular Hbond substituents is 1. The zero-order valence-electron chi connectivity index (χ0n) is 14.1. The van der Waals surface area contributed by atoms with Gasteiger partial charge in [0.05, 0.1) is 6.04 Å². The average Bonchev–Trinajstić information content (AvgIpc) is 3.27. The van der Waals surface area contributed by atoms with Crippen LogP contribution in [-0.4, -0.2) is 16.0 Å². The highest BCUT2D eigenvalue weighted by atomic mass is 16.3. The molecule has 1 heterocycles. The first-order valence-corrected chi connectivity index (χ1v) is 8.83. The van der Waals surface area contributed by atoms with Crippen LogP contribution in [0.2, 0.25) is 0 Å². The molecule has 1 aliphatic rings. The monoisotopic (exact) mass is 342 g/mol. The number of rotatable bonds is 2. The number of carbonyl (C=O) groups is 1. The number of hydrogen-bond acceptors (Lipinski definition) is 2. The molecule has 1 atom stereocenters. The van der Waals surface area contributed by atoms with E-state index in [4.69, 9.17) is 0 Å². The first-order valence-electron chi connectivity index (χ1n) is 8.83. The molecular weight excluding hydrogens is 324 g/mol. The van der Waals surface area contributed by atoms with E-state index in [1.165, 1.54) is 0 Å². The number of nitrogens with one attached hydrogen (secondary N) is 2. The van der Waals surface area contributed by atoms with Crippen LogP contribution in [0, 0.1) is 0 Å². The summed E-state index contributed by atoms with van der Waals surface area (Å²) in [7, 11) is 0. The summed E-state index contributed by atoms with van der Waals surface area (Å²) in [6.45, 7) is 0. The molecule has 26 heavy (non-hydrogen) atoms. The van der Waals surface area contributed by atoms with Gasteiger partial charge >= 0.3 is 0 Å². The molecule has 1 aromatic heterocycles. The number of aromatic amines is 1. The lowest BCUT2D eigenvalue weighted by molar-refractivity contribution is 0.0932. The van der Waals surface area contributed by atoms with Crippen molar-refractivity contribution in [3.05, 3.63) is 77.5 Å². The molecule has 3 aromatic carbocycles.